The topological polar surface area (TPSA) is 168 Å². The highest BCUT2D eigenvalue weighted by Crippen LogP contribution is 2.29. The Hall–Kier alpha value is -3.34. The minimum Gasteiger partial charge on any atom is -0.497 e. The lowest BCUT2D eigenvalue weighted by Gasteiger charge is -2.30. The number of nitrogens with zero attached hydrogens (tertiary/aromatic N) is 1. The van der Waals surface area contributed by atoms with Gasteiger partial charge in [-0.1, -0.05) is 0 Å². The van der Waals surface area contributed by atoms with Crippen LogP contribution in [0.1, 0.15) is 19.3 Å². The second-order valence-corrected chi connectivity index (χ2v) is 6.49. The smallest absolute Gasteiger partial charge is 0.414 e. The van der Waals surface area contributed by atoms with Crippen molar-refractivity contribution in [3.63, 3.8) is 0 Å². The number of hydrogen-bond acceptors (Lipinski definition) is 7. The number of anilines is 1. The molecule has 0 radical (unpaired) electrons. The number of hydrogen-bond donors (Lipinski definition) is 4. The number of rotatable bonds is 7. The van der Waals surface area contributed by atoms with Gasteiger partial charge in [0.2, 0.25) is 11.8 Å². The molecule has 1 saturated heterocycles. The van der Waals surface area contributed by atoms with Crippen LogP contribution < -0.4 is 20.5 Å². The van der Waals surface area contributed by atoms with Gasteiger partial charge in [-0.15, -0.1) is 0 Å². The van der Waals surface area contributed by atoms with E-state index in [1.165, 1.54) is 0 Å². The molecule has 1 aromatic rings. The van der Waals surface area contributed by atoms with Gasteiger partial charge in [0.15, 0.2) is 0 Å². The molecule has 0 bridgehead atoms. The third-order valence-electron chi connectivity index (χ3n) is 4.51. The summed E-state index contributed by atoms with van der Waals surface area (Å²) in [6.45, 7) is 2.26. The van der Waals surface area contributed by atoms with Gasteiger partial charge in [0, 0.05) is 24.9 Å². The molecule has 1 heterocycles. The van der Waals surface area contributed by atoms with Crippen molar-refractivity contribution in [2.75, 3.05) is 39.2 Å². The number of amides is 2. The normalized spacial score (nSPS) is 14.1. The van der Waals surface area contributed by atoms with E-state index in [1.807, 2.05) is 0 Å². The number of carbonyl (C=O) groups is 4. The molecule has 0 saturated carbocycles. The van der Waals surface area contributed by atoms with Gasteiger partial charge in [-0.25, -0.2) is 9.59 Å². The fraction of sp³-hybridized carbons (Fsp3) is 0.474. The van der Waals surface area contributed by atoms with Crippen LogP contribution in [-0.4, -0.2) is 72.7 Å². The van der Waals surface area contributed by atoms with Crippen LogP contribution in [0, 0.1) is 5.92 Å². The zero-order valence-corrected chi connectivity index (χ0v) is 16.9. The molecule has 1 aliphatic rings. The van der Waals surface area contributed by atoms with Crippen LogP contribution in [0.25, 0.3) is 0 Å². The van der Waals surface area contributed by atoms with Gasteiger partial charge in [-0.2, -0.15) is 0 Å². The molecule has 0 atom stereocenters. The molecule has 166 valence electrons. The molecule has 5 N–H and O–H groups in total. The summed E-state index contributed by atoms with van der Waals surface area (Å²) in [6, 6.07) is 5.25. The molecule has 11 nitrogen and oxygen atoms in total. The van der Waals surface area contributed by atoms with Gasteiger partial charge in [-0.05, 0) is 38.1 Å². The van der Waals surface area contributed by atoms with Crippen molar-refractivity contribution >= 4 is 29.4 Å². The Labute approximate surface area is 173 Å². The van der Waals surface area contributed by atoms with E-state index < -0.39 is 11.9 Å². The number of carboxylic acids is 2. The van der Waals surface area contributed by atoms with Crippen molar-refractivity contribution in [1.82, 2.24) is 4.90 Å². The highest BCUT2D eigenvalue weighted by Gasteiger charge is 2.23. The highest BCUT2D eigenvalue weighted by molar-refractivity contribution is 6.27. The first kappa shape index (κ1) is 24.7. The van der Waals surface area contributed by atoms with Crippen molar-refractivity contribution in [3.8, 4) is 11.5 Å². The summed E-state index contributed by atoms with van der Waals surface area (Å²) in [5.74, 6) is -2.75. The van der Waals surface area contributed by atoms with Gasteiger partial charge in [0.25, 0.3) is 0 Å². The van der Waals surface area contributed by atoms with Crippen molar-refractivity contribution in [2.45, 2.75) is 19.3 Å². The minimum absolute atomic E-state index is 0.0290. The van der Waals surface area contributed by atoms with Crippen molar-refractivity contribution in [2.24, 2.45) is 11.7 Å². The first-order valence-electron chi connectivity index (χ1n) is 9.17. The van der Waals surface area contributed by atoms with Gasteiger partial charge in [0.05, 0.1) is 19.9 Å². The van der Waals surface area contributed by atoms with E-state index in [0.717, 1.165) is 25.9 Å². The summed E-state index contributed by atoms with van der Waals surface area (Å²) >= 11 is 0. The highest BCUT2D eigenvalue weighted by atomic mass is 16.5. The zero-order valence-electron chi connectivity index (χ0n) is 16.9. The number of carbonyl (C=O) groups excluding carboxylic acids is 2. The number of methoxy groups -OCH3 is 2. The quantitative estimate of drug-likeness (QED) is 0.451. The predicted molar refractivity (Wildman–Crippen MR) is 106 cm³/mol. The number of benzene rings is 1. The molecule has 0 spiro atoms. The van der Waals surface area contributed by atoms with Crippen molar-refractivity contribution in [3.05, 3.63) is 18.2 Å². The largest absolute Gasteiger partial charge is 0.497 e. The van der Waals surface area contributed by atoms with Crippen LogP contribution in [0.5, 0.6) is 11.5 Å². The molecule has 1 fully saturated rings. The molecule has 1 aromatic carbocycles. The maximum Gasteiger partial charge on any atom is 0.414 e. The lowest BCUT2D eigenvalue weighted by Crippen LogP contribution is -2.39. The molecular formula is C19H27N3O8. The van der Waals surface area contributed by atoms with Gasteiger partial charge >= 0.3 is 11.9 Å². The maximum atomic E-state index is 12.2. The Kier molecular flexibility index (Phi) is 10.1. The number of carboxylic acid groups (broad SMARTS) is 2. The Morgan fingerprint density at radius 1 is 1.10 bits per heavy atom. The summed E-state index contributed by atoms with van der Waals surface area (Å²) in [6.07, 6.45) is 1.92. The predicted octanol–water partition coefficient (Wildman–Crippen LogP) is 0.385. The third-order valence-corrected chi connectivity index (χ3v) is 4.51. The molecule has 1 aliphatic heterocycles. The zero-order chi connectivity index (χ0) is 22.7. The molecule has 0 aromatic heterocycles. The number of primary amides is 1. The molecule has 2 rings (SSSR count). The van der Waals surface area contributed by atoms with E-state index in [4.69, 9.17) is 35.0 Å². The van der Waals surface area contributed by atoms with Crippen molar-refractivity contribution < 1.29 is 38.9 Å². The Balaban J connectivity index is 0.000000656. The Morgan fingerprint density at radius 3 is 2.17 bits per heavy atom. The number of piperidine rings is 1. The minimum atomic E-state index is -1.82. The summed E-state index contributed by atoms with van der Waals surface area (Å²) in [7, 11) is 3.13. The average Bonchev–Trinajstić information content (AvgIpc) is 2.73. The lowest BCUT2D eigenvalue weighted by molar-refractivity contribution is -0.159. The summed E-state index contributed by atoms with van der Waals surface area (Å²) in [4.78, 5) is 43.7. The van der Waals surface area contributed by atoms with E-state index >= 15 is 0 Å². The van der Waals surface area contributed by atoms with Crippen LogP contribution in [0.2, 0.25) is 0 Å². The monoisotopic (exact) mass is 425 g/mol. The summed E-state index contributed by atoms with van der Waals surface area (Å²) < 4.78 is 10.4. The van der Waals surface area contributed by atoms with E-state index in [-0.39, 0.29) is 17.7 Å². The molecule has 11 heteroatoms. The van der Waals surface area contributed by atoms with Gasteiger partial charge < -0.3 is 35.6 Å². The third kappa shape index (κ3) is 8.35. The fourth-order valence-corrected chi connectivity index (χ4v) is 2.82. The number of likely N-dealkylation sites (tertiary alicyclic amines) is 1. The molecular weight excluding hydrogens is 398 g/mol. The number of ether oxygens (including phenoxy) is 2. The van der Waals surface area contributed by atoms with Crippen molar-refractivity contribution in [1.29, 1.82) is 0 Å². The van der Waals surface area contributed by atoms with E-state index in [1.54, 1.807) is 32.4 Å². The first-order valence-corrected chi connectivity index (χ1v) is 9.17. The average molecular weight is 425 g/mol. The number of nitrogens with one attached hydrogen (secondary N) is 1. The lowest BCUT2D eigenvalue weighted by atomic mass is 9.96. The molecule has 2 amide bonds. The van der Waals surface area contributed by atoms with E-state index in [9.17, 15) is 9.59 Å². The second-order valence-electron chi connectivity index (χ2n) is 6.49. The Morgan fingerprint density at radius 2 is 1.70 bits per heavy atom. The number of nitrogens with two attached hydrogens (primary N) is 1. The standard InChI is InChI=1S/C17H25N3O4.C2H2O4/c1-23-13-3-4-14(15(11-13)24-2)19-16(21)7-10-20-8-5-12(6-9-20)17(18)22;3-1(4)2(5)6/h3-4,11-12H,5-10H2,1-2H3,(H2,18,22)(H,19,21);(H,3,4)(H,5,6). The Bertz CT molecular complexity index is 748. The van der Waals surface area contributed by atoms with Crippen LogP contribution in [0.15, 0.2) is 18.2 Å². The van der Waals surface area contributed by atoms with Crippen LogP contribution in [0.4, 0.5) is 5.69 Å². The van der Waals surface area contributed by atoms with Crippen LogP contribution in [0.3, 0.4) is 0 Å². The first-order chi connectivity index (χ1) is 14.2. The van der Waals surface area contributed by atoms with Crippen LogP contribution >= 0.6 is 0 Å². The second kappa shape index (κ2) is 12.3. The SMILES string of the molecule is COc1ccc(NC(=O)CCN2CCC(C(N)=O)CC2)c(OC)c1.O=C(O)C(=O)O. The molecule has 30 heavy (non-hydrogen) atoms. The summed E-state index contributed by atoms with van der Waals surface area (Å²) in [5, 5.41) is 17.6. The molecule has 0 aliphatic carbocycles. The van der Waals surface area contributed by atoms with Gasteiger partial charge in [0.1, 0.15) is 11.5 Å². The van der Waals surface area contributed by atoms with Crippen LogP contribution in [-0.2, 0) is 19.2 Å². The van der Waals surface area contributed by atoms with E-state index in [0.29, 0.717) is 30.2 Å². The number of aliphatic carboxylic acids is 2. The van der Waals surface area contributed by atoms with Gasteiger partial charge in [-0.3, -0.25) is 9.59 Å². The van der Waals surface area contributed by atoms with E-state index in [2.05, 4.69) is 10.2 Å². The maximum absolute atomic E-state index is 12.2. The summed E-state index contributed by atoms with van der Waals surface area (Å²) in [5.41, 5.74) is 5.95. The fourth-order valence-electron chi connectivity index (χ4n) is 2.82. The molecule has 0 unspecified atom stereocenters.